The molecule has 0 bridgehead atoms. The summed E-state index contributed by atoms with van der Waals surface area (Å²) in [5.74, 6) is 0.805. The quantitative estimate of drug-likeness (QED) is 0.602. The Morgan fingerprint density at radius 3 is 2.33 bits per heavy atom. The zero-order chi connectivity index (χ0) is 8.97. The van der Waals surface area contributed by atoms with Gasteiger partial charge >= 0.3 is 0 Å². The first-order valence-corrected chi connectivity index (χ1v) is 4.62. The number of pyridine rings is 1. The van der Waals surface area contributed by atoms with Crippen LogP contribution >= 0.6 is 0 Å². The molecule has 1 heterocycles. The Kier molecular flexibility index (Phi) is 3.27. The van der Waals surface area contributed by atoms with Crippen LogP contribution in [0.2, 0.25) is 0 Å². The van der Waals surface area contributed by atoms with Crippen molar-refractivity contribution in [3.05, 3.63) is 30.1 Å². The molecule has 66 valence electrons. The number of rotatable bonds is 3. The van der Waals surface area contributed by atoms with Crippen LogP contribution in [-0.4, -0.2) is 0 Å². The van der Waals surface area contributed by atoms with Crippen LogP contribution in [0.3, 0.4) is 0 Å². The molecule has 0 amide bonds. The van der Waals surface area contributed by atoms with Crippen LogP contribution in [0.5, 0.6) is 0 Å². The molecule has 1 aromatic rings. The topological polar surface area (TPSA) is 3.88 Å². The van der Waals surface area contributed by atoms with Gasteiger partial charge in [-0.05, 0) is 24.3 Å². The lowest BCUT2D eigenvalue weighted by Crippen LogP contribution is -2.25. The van der Waals surface area contributed by atoms with Crippen molar-refractivity contribution < 1.29 is 4.57 Å². The molecule has 0 unspecified atom stereocenters. The van der Waals surface area contributed by atoms with Crippen LogP contribution in [0, 0.1) is 5.92 Å². The number of hydrogen-bond donors (Lipinski definition) is 0. The van der Waals surface area contributed by atoms with Crippen molar-refractivity contribution in [2.45, 2.75) is 26.7 Å². The van der Waals surface area contributed by atoms with E-state index in [-0.39, 0.29) is 0 Å². The zero-order valence-corrected chi connectivity index (χ0v) is 8.25. The number of hydrogen-bond acceptors (Lipinski definition) is 0. The smallest absolute Gasteiger partial charge is 0.168 e. The maximum atomic E-state index is 2.27. The Balaban J connectivity index is 2.48. The predicted octanol–water partition coefficient (Wildman–Crippen LogP) is 2.10. The van der Waals surface area contributed by atoms with E-state index in [2.05, 4.69) is 42.9 Å². The van der Waals surface area contributed by atoms with Crippen molar-refractivity contribution in [2.75, 3.05) is 0 Å². The summed E-state index contributed by atoms with van der Waals surface area (Å²) < 4.78 is 2.07. The first-order chi connectivity index (χ1) is 5.68. The van der Waals surface area contributed by atoms with Gasteiger partial charge in [0.1, 0.15) is 7.05 Å². The van der Waals surface area contributed by atoms with Crippen molar-refractivity contribution in [3.8, 4) is 0 Å². The number of nitrogens with zero attached hydrogens (tertiary/aromatic N) is 1. The minimum atomic E-state index is 0.805. The molecule has 0 aliphatic heterocycles. The zero-order valence-electron chi connectivity index (χ0n) is 8.25. The third kappa shape index (κ3) is 3.04. The summed E-state index contributed by atoms with van der Waals surface area (Å²) in [5, 5.41) is 0. The molecule has 0 aromatic carbocycles. The fraction of sp³-hybridized carbons (Fsp3) is 0.545. The lowest BCUT2D eigenvalue weighted by atomic mass is 10.0. The molecular formula is C11H18N+. The van der Waals surface area contributed by atoms with Crippen LogP contribution in [0.15, 0.2) is 24.5 Å². The molecule has 1 nitrogen and oxygen atoms in total. The lowest BCUT2D eigenvalue weighted by molar-refractivity contribution is -0.671. The highest BCUT2D eigenvalue weighted by Crippen LogP contribution is 2.06. The van der Waals surface area contributed by atoms with Gasteiger partial charge in [-0.15, -0.1) is 0 Å². The molecule has 0 saturated carbocycles. The highest BCUT2D eigenvalue weighted by molar-refractivity contribution is 5.07. The molecule has 0 radical (unpaired) electrons. The van der Waals surface area contributed by atoms with Gasteiger partial charge in [0, 0.05) is 12.1 Å². The Morgan fingerprint density at radius 2 is 1.83 bits per heavy atom. The molecule has 1 rings (SSSR count). The van der Waals surface area contributed by atoms with Crippen molar-refractivity contribution >= 4 is 0 Å². The van der Waals surface area contributed by atoms with Crippen LogP contribution in [0.4, 0.5) is 0 Å². The Morgan fingerprint density at radius 1 is 1.25 bits per heavy atom. The summed E-state index contributed by atoms with van der Waals surface area (Å²) >= 11 is 0. The largest absolute Gasteiger partial charge is 0.208 e. The molecule has 0 N–H and O–H groups in total. The summed E-state index contributed by atoms with van der Waals surface area (Å²) in [4.78, 5) is 0. The fourth-order valence-corrected chi connectivity index (χ4v) is 1.15. The van der Waals surface area contributed by atoms with E-state index in [1.54, 1.807) is 0 Å². The van der Waals surface area contributed by atoms with Crippen LogP contribution < -0.4 is 4.57 Å². The van der Waals surface area contributed by atoms with Gasteiger partial charge in [-0.3, -0.25) is 0 Å². The summed E-state index contributed by atoms with van der Waals surface area (Å²) in [6.07, 6.45) is 6.71. The maximum absolute atomic E-state index is 2.27. The second-order valence-corrected chi connectivity index (χ2v) is 3.80. The summed E-state index contributed by atoms with van der Waals surface area (Å²) in [6.45, 7) is 4.53. The lowest BCUT2D eigenvalue weighted by Gasteiger charge is -2.02. The van der Waals surface area contributed by atoms with E-state index in [0.717, 1.165) is 5.92 Å². The van der Waals surface area contributed by atoms with Gasteiger partial charge < -0.3 is 0 Å². The van der Waals surface area contributed by atoms with E-state index in [0.29, 0.717) is 0 Å². The third-order valence-corrected chi connectivity index (χ3v) is 2.06. The molecule has 0 fully saturated rings. The molecule has 0 spiro atoms. The van der Waals surface area contributed by atoms with Gasteiger partial charge in [-0.2, -0.15) is 0 Å². The second-order valence-electron chi connectivity index (χ2n) is 3.80. The Labute approximate surface area is 75.1 Å². The molecule has 12 heavy (non-hydrogen) atoms. The molecule has 0 atom stereocenters. The van der Waals surface area contributed by atoms with Crippen molar-refractivity contribution in [1.29, 1.82) is 0 Å². The summed E-state index contributed by atoms with van der Waals surface area (Å²) in [6, 6.07) is 4.39. The van der Waals surface area contributed by atoms with E-state index < -0.39 is 0 Å². The third-order valence-electron chi connectivity index (χ3n) is 2.06. The standard InChI is InChI=1S/C11H18N/c1-10(2)4-5-11-6-8-12(3)9-7-11/h6-10H,4-5H2,1-3H3/q+1. The number of aromatic nitrogens is 1. The van der Waals surface area contributed by atoms with Crippen LogP contribution in [0.1, 0.15) is 25.8 Å². The van der Waals surface area contributed by atoms with Gasteiger partial charge in [0.15, 0.2) is 12.4 Å². The SMILES string of the molecule is CC(C)CCc1cc[n+](C)cc1. The predicted molar refractivity (Wildman–Crippen MR) is 50.8 cm³/mol. The van der Waals surface area contributed by atoms with E-state index in [9.17, 15) is 0 Å². The maximum Gasteiger partial charge on any atom is 0.168 e. The number of aryl methyl sites for hydroxylation is 2. The van der Waals surface area contributed by atoms with Crippen LogP contribution in [0.25, 0.3) is 0 Å². The molecule has 0 saturated heterocycles. The van der Waals surface area contributed by atoms with Crippen molar-refractivity contribution in [2.24, 2.45) is 13.0 Å². The van der Waals surface area contributed by atoms with Crippen LogP contribution in [-0.2, 0) is 13.5 Å². The van der Waals surface area contributed by atoms with Crippen molar-refractivity contribution in [1.82, 2.24) is 0 Å². The van der Waals surface area contributed by atoms with Crippen molar-refractivity contribution in [3.63, 3.8) is 0 Å². The molecule has 0 aliphatic rings. The van der Waals surface area contributed by atoms with E-state index in [1.807, 2.05) is 7.05 Å². The Hall–Kier alpha value is -0.850. The molecule has 0 aliphatic carbocycles. The fourth-order valence-electron chi connectivity index (χ4n) is 1.15. The minimum Gasteiger partial charge on any atom is -0.208 e. The van der Waals surface area contributed by atoms with E-state index in [4.69, 9.17) is 0 Å². The second kappa shape index (κ2) is 4.24. The highest BCUT2D eigenvalue weighted by atomic mass is 14.9. The first kappa shape index (κ1) is 9.24. The minimum absolute atomic E-state index is 0.805. The van der Waals surface area contributed by atoms with Gasteiger partial charge in [0.25, 0.3) is 0 Å². The van der Waals surface area contributed by atoms with E-state index in [1.165, 1.54) is 18.4 Å². The first-order valence-electron chi connectivity index (χ1n) is 4.62. The average Bonchev–Trinajstić information content (AvgIpc) is 2.03. The highest BCUT2D eigenvalue weighted by Gasteiger charge is 1.98. The summed E-state index contributed by atoms with van der Waals surface area (Å²) in [7, 11) is 2.05. The van der Waals surface area contributed by atoms with Gasteiger partial charge in [0.2, 0.25) is 0 Å². The molecule has 1 heteroatoms. The van der Waals surface area contributed by atoms with Gasteiger partial charge in [-0.25, -0.2) is 4.57 Å². The normalized spacial score (nSPS) is 10.7. The molecule has 1 aromatic heterocycles. The van der Waals surface area contributed by atoms with Gasteiger partial charge in [-0.1, -0.05) is 13.8 Å². The molecular weight excluding hydrogens is 146 g/mol. The van der Waals surface area contributed by atoms with Gasteiger partial charge in [0.05, 0.1) is 0 Å². The average molecular weight is 164 g/mol. The monoisotopic (exact) mass is 164 g/mol. The van der Waals surface area contributed by atoms with E-state index >= 15 is 0 Å². The summed E-state index contributed by atoms with van der Waals surface area (Å²) in [5.41, 5.74) is 1.45. The Bertz CT molecular complexity index is 223.